The lowest BCUT2D eigenvalue weighted by molar-refractivity contribution is 0.145. The average molecular weight is 463 g/mol. The summed E-state index contributed by atoms with van der Waals surface area (Å²) in [5.74, 6) is 1.89. The zero-order chi connectivity index (χ0) is 23.7. The van der Waals surface area contributed by atoms with Crippen LogP contribution in [0.3, 0.4) is 0 Å². The maximum Gasteiger partial charge on any atom is 0.225 e. The van der Waals surface area contributed by atoms with Gasteiger partial charge in [-0.05, 0) is 30.3 Å². The average Bonchev–Trinajstić information content (AvgIpc) is 3.43. The highest BCUT2D eigenvalue weighted by atomic mass is 19.2. The van der Waals surface area contributed by atoms with Crippen molar-refractivity contribution in [2.75, 3.05) is 35.7 Å². The molecule has 1 aromatic carbocycles. The van der Waals surface area contributed by atoms with Gasteiger partial charge in [-0.2, -0.15) is 4.98 Å². The van der Waals surface area contributed by atoms with E-state index >= 15 is 0 Å². The topological polar surface area (TPSA) is 111 Å². The van der Waals surface area contributed by atoms with Gasteiger partial charge in [-0.15, -0.1) is 5.10 Å². The minimum Gasteiger partial charge on any atom is -0.368 e. The number of nitrogens with two attached hydrogens (primary N) is 1. The van der Waals surface area contributed by atoms with Gasteiger partial charge in [0.05, 0.1) is 12.2 Å². The third kappa shape index (κ3) is 4.36. The quantitative estimate of drug-likeness (QED) is 0.447. The van der Waals surface area contributed by atoms with E-state index in [9.17, 15) is 8.78 Å². The van der Waals surface area contributed by atoms with E-state index in [2.05, 4.69) is 30.4 Å². The molecule has 0 bridgehead atoms. The summed E-state index contributed by atoms with van der Waals surface area (Å²) in [4.78, 5) is 18.9. The summed E-state index contributed by atoms with van der Waals surface area (Å²) in [6.45, 7) is -0.533. The second-order valence-corrected chi connectivity index (χ2v) is 8.25. The third-order valence-electron chi connectivity index (χ3n) is 5.75. The maximum absolute atomic E-state index is 14.2. The molecule has 0 spiro atoms. The Balaban J connectivity index is 1.29. The van der Waals surface area contributed by atoms with Crippen molar-refractivity contribution in [1.82, 2.24) is 29.7 Å². The van der Waals surface area contributed by atoms with Crippen molar-refractivity contribution < 1.29 is 8.78 Å². The monoisotopic (exact) mass is 463 g/mol. The number of rotatable bonds is 6. The minimum atomic E-state index is -1.79. The summed E-state index contributed by atoms with van der Waals surface area (Å²) < 4.78 is 28.7. The Morgan fingerprint density at radius 2 is 1.85 bits per heavy atom. The number of hydrogen-bond acceptors (Lipinski definition) is 8. The Morgan fingerprint density at radius 3 is 2.53 bits per heavy atom. The Kier molecular flexibility index (Phi) is 5.52. The van der Waals surface area contributed by atoms with Gasteiger partial charge in [-0.3, -0.25) is 0 Å². The van der Waals surface area contributed by atoms with Gasteiger partial charge in [0.15, 0.2) is 11.5 Å². The second-order valence-electron chi connectivity index (χ2n) is 8.25. The SMILES string of the molecule is Cn1nc(-c2ccc(N3CCC(F)(CF)C3)nc2)nc1Nc1ccc(-c2ccnc(N)n2)cc1. The van der Waals surface area contributed by atoms with Crippen LogP contribution in [0.1, 0.15) is 6.42 Å². The van der Waals surface area contributed by atoms with Crippen LogP contribution < -0.4 is 16.0 Å². The lowest BCUT2D eigenvalue weighted by atomic mass is 10.1. The van der Waals surface area contributed by atoms with E-state index < -0.39 is 12.3 Å². The lowest BCUT2D eigenvalue weighted by Crippen LogP contribution is -2.31. The molecule has 0 amide bonds. The fourth-order valence-electron chi connectivity index (χ4n) is 3.85. The van der Waals surface area contributed by atoms with Crippen molar-refractivity contribution in [3.8, 4) is 22.6 Å². The van der Waals surface area contributed by atoms with Crippen molar-refractivity contribution in [2.24, 2.45) is 7.05 Å². The van der Waals surface area contributed by atoms with E-state index in [1.807, 2.05) is 30.3 Å². The molecule has 34 heavy (non-hydrogen) atoms. The van der Waals surface area contributed by atoms with Gasteiger partial charge in [0.1, 0.15) is 12.5 Å². The third-order valence-corrected chi connectivity index (χ3v) is 5.75. The highest BCUT2D eigenvalue weighted by molar-refractivity contribution is 5.66. The van der Waals surface area contributed by atoms with E-state index in [0.29, 0.717) is 24.1 Å². The van der Waals surface area contributed by atoms with Crippen molar-refractivity contribution in [2.45, 2.75) is 12.1 Å². The van der Waals surface area contributed by atoms with Gasteiger partial charge in [0.25, 0.3) is 0 Å². The van der Waals surface area contributed by atoms with Crippen LogP contribution >= 0.6 is 0 Å². The summed E-state index contributed by atoms with van der Waals surface area (Å²) in [5, 5.41) is 7.71. The molecule has 5 rings (SSSR count). The van der Waals surface area contributed by atoms with Crippen molar-refractivity contribution in [3.05, 3.63) is 54.9 Å². The number of anilines is 4. The molecule has 0 aliphatic carbocycles. The van der Waals surface area contributed by atoms with E-state index in [4.69, 9.17) is 5.73 Å². The van der Waals surface area contributed by atoms with Gasteiger partial charge in [-0.1, -0.05) is 12.1 Å². The standard InChI is InChI=1S/C23H23F2N9/c1-33-22(29-17-5-2-15(3-6-17)18-8-10-27-21(26)30-18)31-20(32-33)16-4-7-19(28-12-16)34-11-9-23(25,13-24)14-34/h2-8,10,12H,9,11,13-14H2,1H3,(H2,26,27,30)(H,29,31,32). The Labute approximate surface area is 194 Å². The molecular formula is C23H23F2N9. The molecule has 1 atom stereocenters. The molecule has 9 nitrogen and oxygen atoms in total. The zero-order valence-corrected chi connectivity index (χ0v) is 18.5. The van der Waals surface area contributed by atoms with Gasteiger partial charge in [0.2, 0.25) is 11.9 Å². The number of alkyl halides is 2. The smallest absolute Gasteiger partial charge is 0.225 e. The summed E-state index contributed by atoms with van der Waals surface area (Å²) in [7, 11) is 1.79. The van der Waals surface area contributed by atoms with Crippen LogP contribution in [0.2, 0.25) is 0 Å². The summed E-state index contributed by atoms with van der Waals surface area (Å²) >= 11 is 0. The first-order chi connectivity index (χ1) is 16.4. The number of aryl methyl sites for hydroxylation is 1. The predicted molar refractivity (Wildman–Crippen MR) is 126 cm³/mol. The van der Waals surface area contributed by atoms with Gasteiger partial charge < -0.3 is 16.0 Å². The number of nitrogen functional groups attached to an aromatic ring is 1. The molecule has 0 saturated carbocycles. The van der Waals surface area contributed by atoms with E-state index in [-0.39, 0.29) is 18.9 Å². The van der Waals surface area contributed by atoms with Crippen LogP contribution in [0.4, 0.5) is 32.2 Å². The van der Waals surface area contributed by atoms with Crippen LogP contribution in [-0.4, -0.2) is 55.1 Å². The number of halogens is 2. The molecule has 0 radical (unpaired) electrons. The van der Waals surface area contributed by atoms with Crippen LogP contribution in [0.15, 0.2) is 54.9 Å². The summed E-state index contributed by atoms with van der Waals surface area (Å²) in [5.41, 5.74) is 7.09. The number of aromatic nitrogens is 6. The molecule has 3 aromatic heterocycles. The normalized spacial score (nSPS) is 17.8. The largest absolute Gasteiger partial charge is 0.368 e. The molecule has 4 heterocycles. The molecular weight excluding hydrogens is 440 g/mol. The fourth-order valence-corrected chi connectivity index (χ4v) is 3.85. The van der Waals surface area contributed by atoms with Gasteiger partial charge >= 0.3 is 0 Å². The van der Waals surface area contributed by atoms with Crippen molar-refractivity contribution in [3.63, 3.8) is 0 Å². The summed E-state index contributed by atoms with van der Waals surface area (Å²) in [6.07, 6.45) is 3.43. The molecule has 11 heteroatoms. The molecule has 1 saturated heterocycles. The highest BCUT2D eigenvalue weighted by Gasteiger charge is 2.39. The summed E-state index contributed by atoms with van der Waals surface area (Å²) in [6, 6.07) is 13.1. The maximum atomic E-state index is 14.2. The Hall–Kier alpha value is -4.15. The van der Waals surface area contributed by atoms with Gasteiger partial charge in [-0.25, -0.2) is 28.4 Å². The van der Waals surface area contributed by atoms with Crippen molar-refractivity contribution in [1.29, 1.82) is 0 Å². The first-order valence-corrected chi connectivity index (χ1v) is 10.8. The first-order valence-electron chi connectivity index (χ1n) is 10.8. The van der Waals surface area contributed by atoms with Gasteiger partial charge in [0, 0.05) is 49.2 Å². The zero-order valence-electron chi connectivity index (χ0n) is 18.5. The number of nitrogens with zero attached hydrogens (tertiary/aromatic N) is 7. The number of nitrogens with one attached hydrogen (secondary N) is 1. The van der Waals surface area contributed by atoms with Crippen LogP contribution in [0.25, 0.3) is 22.6 Å². The Morgan fingerprint density at radius 1 is 1.06 bits per heavy atom. The Bertz CT molecular complexity index is 1290. The predicted octanol–water partition coefficient (Wildman–Crippen LogP) is 3.55. The number of benzene rings is 1. The molecule has 4 aromatic rings. The molecule has 1 aliphatic heterocycles. The lowest BCUT2D eigenvalue weighted by Gasteiger charge is -2.19. The molecule has 3 N–H and O–H groups in total. The highest BCUT2D eigenvalue weighted by Crippen LogP contribution is 2.30. The second kappa shape index (κ2) is 8.65. The molecule has 174 valence electrons. The minimum absolute atomic E-state index is 0.00908. The molecule has 1 unspecified atom stereocenters. The first kappa shape index (κ1) is 21.7. The van der Waals surface area contributed by atoms with E-state index in [0.717, 1.165) is 22.5 Å². The number of hydrogen-bond donors (Lipinski definition) is 2. The van der Waals surface area contributed by atoms with E-state index in [1.165, 1.54) is 0 Å². The van der Waals surface area contributed by atoms with Crippen LogP contribution in [0, 0.1) is 0 Å². The van der Waals surface area contributed by atoms with Crippen molar-refractivity contribution >= 4 is 23.4 Å². The number of pyridine rings is 1. The fraction of sp³-hybridized carbons (Fsp3) is 0.261. The van der Waals surface area contributed by atoms with E-state index in [1.54, 1.807) is 41.2 Å². The molecule has 1 aliphatic rings. The van der Waals surface area contributed by atoms with Crippen LogP contribution in [-0.2, 0) is 7.05 Å². The molecule has 1 fully saturated rings. The van der Waals surface area contributed by atoms with Crippen LogP contribution in [0.5, 0.6) is 0 Å².